The van der Waals surface area contributed by atoms with Crippen LogP contribution in [-0.2, 0) is 16.1 Å². The molecule has 1 amide bonds. The first-order chi connectivity index (χ1) is 13.0. The van der Waals surface area contributed by atoms with Gasteiger partial charge >= 0.3 is 0 Å². The van der Waals surface area contributed by atoms with Gasteiger partial charge in [0.15, 0.2) is 18.6 Å². The third-order valence-electron chi connectivity index (χ3n) is 4.47. The number of nitrogens with two attached hydrogens (primary N) is 1. The molecule has 10 nitrogen and oxygen atoms in total. The van der Waals surface area contributed by atoms with Crippen LogP contribution in [0.1, 0.15) is 0 Å². The Hall–Kier alpha value is -2.21. The minimum absolute atomic E-state index is 0.0914. The molecule has 1 aromatic rings. The maximum atomic E-state index is 12.0. The Labute approximate surface area is 159 Å². The average molecular weight is 395 g/mol. The summed E-state index contributed by atoms with van der Waals surface area (Å²) < 4.78 is 1.74. The molecule has 1 fully saturated rings. The van der Waals surface area contributed by atoms with E-state index in [2.05, 4.69) is 4.98 Å². The number of carboxylic acid groups (broad SMARTS) is 1. The van der Waals surface area contributed by atoms with E-state index in [1.807, 2.05) is 0 Å². The third kappa shape index (κ3) is 3.76. The summed E-state index contributed by atoms with van der Waals surface area (Å²) in [4.78, 5) is 30.8. The zero-order valence-electron chi connectivity index (χ0n) is 14.5. The fourth-order valence-corrected chi connectivity index (χ4v) is 4.46. The Bertz CT molecular complexity index is 767. The van der Waals surface area contributed by atoms with Crippen LogP contribution in [0.2, 0.25) is 0 Å². The topological polar surface area (TPSA) is 147 Å². The van der Waals surface area contributed by atoms with Gasteiger partial charge in [0.25, 0.3) is 0 Å². The summed E-state index contributed by atoms with van der Waals surface area (Å²) in [5.74, 6) is -0.846. The second-order valence-electron chi connectivity index (χ2n) is 6.20. The largest absolute Gasteiger partial charge is 0.543 e. The van der Waals surface area contributed by atoms with E-state index in [-0.39, 0.29) is 30.8 Å². The maximum absolute atomic E-state index is 12.0. The van der Waals surface area contributed by atoms with Gasteiger partial charge in [-0.1, -0.05) is 0 Å². The number of carboxylic acids is 1. The number of aliphatic hydroxyl groups excluding tert-OH is 2. The van der Waals surface area contributed by atoms with Crippen molar-refractivity contribution < 1.29 is 29.5 Å². The smallest absolute Gasteiger partial charge is 0.248 e. The standard InChI is InChI=1S/C16H21N5O5S/c17-12-14(24)21-13(16(25)26)10(9-27-15(12)21)7-19-2-1-18-11(8-19)20(3-5-22)4-6-23/h1-2,8,12,15,22-23H,3-7,9,17H2/t12?,15-/m1/s1. The number of hydrogen-bond donors (Lipinski definition) is 3. The molecule has 146 valence electrons. The van der Waals surface area contributed by atoms with Gasteiger partial charge < -0.3 is 30.7 Å². The summed E-state index contributed by atoms with van der Waals surface area (Å²) in [6, 6.07) is -0.684. The SMILES string of the molecule is NC1C(=O)N2C(C(=O)[O-])=C(C[n+]3ccnc(N(CCO)CCO)c3)CS[C@H]12. The molecule has 2 atom stereocenters. The van der Waals surface area contributed by atoms with Crippen molar-refractivity contribution in [2.45, 2.75) is 18.0 Å². The van der Waals surface area contributed by atoms with Gasteiger partial charge in [-0.15, -0.1) is 11.8 Å². The van der Waals surface area contributed by atoms with Gasteiger partial charge in [0, 0.05) is 24.4 Å². The first-order valence-corrected chi connectivity index (χ1v) is 9.48. The number of amides is 1. The van der Waals surface area contributed by atoms with E-state index in [4.69, 9.17) is 15.9 Å². The zero-order chi connectivity index (χ0) is 19.6. The molecule has 3 heterocycles. The van der Waals surface area contributed by atoms with E-state index < -0.39 is 17.9 Å². The van der Waals surface area contributed by atoms with Crippen molar-refractivity contribution in [1.29, 1.82) is 0 Å². The molecular weight excluding hydrogens is 374 g/mol. The Balaban J connectivity index is 1.86. The first-order valence-electron chi connectivity index (χ1n) is 8.43. The molecule has 1 aromatic heterocycles. The number of aliphatic carboxylic acids is 1. The number of carbonyl (C=O) groups excluding carboxylic acids is 2. The number of β-lactam (4-membered cyclic amide) rings is 1. The van der Waals surface area contributed by atoms with Gasteiger partial charge in [0.05, 0.1) is 31.1 Å². The van der Waals surface area contributed by atoms with E-state index in [1.165, 1.54) is 16.7 Å². The number of nitrogens with zero attached hydrogens (tertiary/aromatic N) is 4. The lowest BCUT2D eigenvalue weighted by Crippen LogP contribution is -2.69. The quantitative estimate of drug-likeness (QED) is 0.300. The fraction of sp³-hybridized carbons (Fsp3) is 0.500. The normalized spacial score (nSPS) is 21.7. The van der Waals surface area contributed by atoms with Crippen LogP contribution >= 0.6 is 11.8 Å². The fourth-order valence-electron chi connectivity index (χ4n) is 3.17. The monoisotopic (exact) mass is 395 g/mol. The highest BCUT2D eigenvalue weighted by molar-refractivity contribution is 8.00. The maximum Gasteiger partial charge on any atom is 0.248 e. The number of fused-ring (bicyclic) bond motifs is 1. The van der Waals surface area contributed by atoms with Crippen LogP contribution in [0.25, 0.3) is 0 Å². The number of thioether (sulfide) groups is 1. The average Bonchev–Trinajstić information content (AvgIpc) is 2.66. The lowest BCUT2D eigenvalue weighted by Gasteiger charge is -2.49. The van der Waals surface area contributed by atoms with Gasteiger partial charge in [0.1, 0.15) is 11.4 Å². The van der Waals surface area contributed by atoms with E-state index in [9.17, 15) is 14.7 Å². The van der Waals surface area contributed by atoms with Crippen molar-refractivity contribution in [2.75, 3.05) is 37.0 Å². The van der Waals surface area contributed by atoms with E-state index >= 15 is 0 Å². The zero-order valence-corrected chi connectivity index (χ0v) is 15.3. The molecule has 1 saturated heterocycles. The Morgan fingerprint density at radius 3 is 2.78 bits per heavy atom. The summed E-state index contributed by atoms with van der Waals surface area (Å²) in [6.45, 7) is 0.673. The molecule has 3 rings (SSSR count). The molecule has 0 bridgehead atoms. The number of rotatable bonds is 8. The molecule has 0 saturated carbocycles. The molecule has 27 heavy (non-hydrogen) atoms. The molecule has 0 aliphatic carbocycles. The van der Waals surface area contributed by atoms with Crippen LogP contribution in [0.15, 0.2) is 29.9 Å². The summed E-state index contributed by atoms with van der Waals surface area (Å²) in [5, 5.41) is 29.6. The summed E-state index contributed by atoms with van der Waals surface area (Å²) in [7, 11) is 0. The Morgan fingerprint density at radius 1 is 1.44 bits per heavy atom. The van der Waals surface area contributed by atoms with Crippen molar-refractivity contribution in [1.82, 2.24) is 9.88 Å². The van der Waals surface area contributed by atoms with Crippen molar-refractivity contribution in [2.24, 2.45) is 5.73 Å². The summed E-state index contributed by atoms with van der Waals surface area (Å²) >= 11 is 1.43. The predicted molar refractivity (Wildman–Crippen MR) is 93.9 cm³/mol. The number of hydrogen-bond acceptors (Lipinski definition) is 9. The van der Waals surface area contributed by atoms with Crippen molar-refractivity contribution in [3.8, 4) is 0 Å². The Kier molecular flexibility index (Phi) is 5.95. The minimum atomic E-state index is -1.40. The van der Waals surface area contributed by atoms with Crippen molar-refractivity contribution >= 4 is 29.5 Å². The molecule has 0 radical (unpaired) electrons. The van der Waals surface area contributed by atoms with Crippen molar-refractivity contribution in [3.63, 3.8) is 0 Å². The molecule has 11 heteroatoms. The van der Waals surface area contributed by atoms with Gasteiger partial charge in [-0.2, -0.15) is 4.57 Å². The van der Waals surface area contributed by atoms with Crippen LogP contribution in [0.5, 0.6) is 0 Å². The van der Waals surface area contributed by atoms with E-state index in [0.29, 0.717) is 30.2 Å². The Morgan fingerprint density at radius 2 is 2.15 bits per heavy atom. The molecule has 4 N–H and O–H groups in total. The minimum Gasteiger partial charge on any atom is -0.543 e. The molecular formula is C16H21N5O5S. The lowest BCUT2D eigenvalue weighted by atomic mass is 10.0. The predicted octanol–water partition coefficient (Wildman–Crippen LogP) is -3.59. The first kappa shape index (κ1) is 19.5. The number of aromatic nitrogens is 2. The third-order valence-corrected chi connectivity index (χ3v) is 5.83. The van der Waals surface area contributed by atoms with Crippen LogP contribution in [-0.4, -0.2) is 75.4 Å². The summed E-state index contributed by atoms with van der Waals surface area (Å²) in [5.41, 5.74) is 6.18. The second-order valence-corrected chi connectivity index (χ2v) is 7.30. The number of anilines is 1. The molecule has 0 spiro atoms. The number of aliphatic hydroxyl groups is 2. The molecule has 2 aliphatic rings. The van der Waals surface area contributed by atoms with Gasteiger partial charge in [-0.3, -0.25) is 9.69 Å². The van der Waals surface area contributed by atoms with Gasteiger partial charge in [0.2, 0.25) is 12.1 Å². The summed E-state index contributed by atoms with van der Waals surface area (Å²) in [6.07, 6.45) is 4.94. The highest BCUT2D eigenvalue weighted by atomic mass is 32.2. The molecule has 0 aromatic carbocycles. The van der Waals surface area contributed by atoms with E-state index in [1.54, 1.807) is 28.1 Å². The highest BCUT2D eigenvalue weighted by Gasteiger charge is 2.50. The van der Waals surface area contributed by atoms with Crippen LogP contribution < -0.4 is 20.3 Å². The van der Waals surface area contributed by atoms with Gasteiger partial charge in [-0.05, 0) is 0 Å². The van der Waals surface area contributed by atoms with Crippen LogP contribution in [0.4, 0.5) is 5.82 Å². The molecule has 2 aliphatic heterocycles. The lowest BCUT2D eigenvalue weighted by molar-refractivity contribution is -0.688. The van der Waals surface area contributed by atoms with E-state index in [0.717, 1.165) is 0 Å². The van der Waals surface area contributed by atoms with Crippen molar-refractivity contribution in [3.05, 3.63) is 29.9 Å². The van der Waals surface area contributed by atoms with Crippen LogP contribution in [0.3, 0.4) is 0 Å². The molecule has 1 unspecified atom stereocenters. The second kappa shape index (κ2) is 8.21. The number of carbonyl (C=O) groups is 2. The highest BCUT2D eigenvalue weighted by Crippen LogP contribution is 2.39. The van der Waals surface area contributed by atoms with Crippen LogP contribution in [0, 0.1) is 0 Å². The van der Waals surface area contributed by atoms with Gasteiger partial charge in [-0.25, -0.2) is 4.98 Å².